The second-order valence-electron chi connectivity index (χ2n) is 9.92. The molecule has 39 heavy (non-hydrogen) atoms. The highest BCUT2D eigenvalue weighted by molar-refractivity contribution is 6.30. The summed E-state index contributed by atoms with van der Waals surface area (Å²) in [6, 6.07) is 15.5. The van der Waals surface area contributed by atoms with Crippen molar-refractivity contribution in [2.24, 2.45) is 0 Å². The molecule has 9 heteroatoms. The Labute approximate surface area is 233 Å². The minimum Gasteiger partial charge on any atom is -0.493 e. The molecule has 8 nitrogen and oxygen atoms in total. The third-order valence-corrected chi connectivity index (χ3v) is 7.77. The van der Waals surface area contributed by atoms with E-state index in [0.717, 1.165) is 41.8 Å². The number of nitrogens with one attached hydrogen (secondary N) is 1. The molecule has 1 N–H and O–H groups in total. The summed E-state index contributed by atoms with van der Waals surface area (Å²) in [6.07, 6.45) is 4.98. The average Bonchev–Trinajstić information content (AvgIpc) is 3.38. The number of fused-ring (bicyclic) bond motifs is 3. The normalized spacial score (nSPS) is 22.1. The molecule has 2 aromatic carbocycles. The first-order valence-electron chi connectivity index (χ1n) is 13.2. The van der Waals surface area contributed by atoms with Gasteiger partial charge >= 0.3 is 0 Å². The van der Waals surface area contributed by atoms with Crippen molar-refractivity contribution in [2.75, 3.05) is 14.2 Å². The zero-order valence-corrected chi connectivity index (χ0v) is 22.9. The van der Waals surface area contributed by atoms with Gasteiger partial charge in [0, 0.05) is 41.2 Å². The second kappa shape index (κ2) is 12.1. The molecule has 1 fully saturated rings. The van der Waals surface area contributed by atoms with Crippen molar-refractivity contribution >= 4 is 24.0 Å². The number of nitrogens with zero attached hydrogens (tertiary/aromatic N) is 1. The maximum Gasteiger partial charge on any atom is 0.293 e. The van der Waals surface area contributed by atoms with Gasteiger partial charge in [-0.3, -0.25) is 9.59 Å². The summed E-state index contributed by atoms with van der Waals surface area (Å²) < 4.78 is 25.4. The van der Waals surface area contributed by atoms with Gasteiger partial charge in [-0.15, -0.1) is 0 Å². The summed E-state index contributed by atoms with van der Waals surface area (Å²) >= 11 is 6.48. The molecule has 1 saturated carbocycles. The maximum atomic E-state index is 13.0. The number of hydrogen-bond acceptors (Lipinski definition) is 6. The van der Waals surface area contributed by atoms with E-state index in [0.29, 0.717) is 35.8 Å². The molecule has 2 aliphatic rings. The molecule has 1 aliphatic carbocycles. The quantitative estimate of drug-likeness (QED) is 0.343. The molecule has 1 aromatic heterocycles. The molecule has 1 aliphatic heterocycles. The van der Waals surface area contributed by atoms with E-state index >= 15 is 0 Å². The van der Waals surface area contributed by atoms with E-state index in [1.807, 2.05) is 54.7 Å². The second-order valence-corrected chi connectivity index (χ2v) is 10.4. The number of ether oxygens (including phenoxy) is 4. The molecule has 0 spiro atoms. The molecular formula is C30H33ClN2O6. The number of para-hydroxylation sites is 1. The first-order chi connectivity index (χ1) is 19.0. The SMILES string of the molecule is COc1cccc([C@H]2O[C@H](CCC(=O)N[C@@H]3CCC[C@H](OC=O)C3)c3cccn3-c3ccc(Cl)cc32)c1OC. The van der Waals surface area contributed by atoms with E-state index in [1.54, 1.807) is 14.2 Å². The van der Waals surface area contributed by atoms with Crippen molar-refractivity contribution < 1.29 is 28.5 Å². The van der Waals surface area contributed by atoms with E-state index in [-0.39, 0.29) is 30.6 Å². The molecule has 0 unspecified atom stereocenters. The summed E-state index contributed by atoms with van der Waals surface area (Å²) in [7, 11) is 3.21. The fraction of sp³-hybridized carbons (Fsp3) is 0.400. The zero-order valence-electron chi connectivity index (χ0n) is 22.1. The average molecular weight is 553 g/mol. The lowest BCUT2D eigenvalue weighted by Gasteiger charge is -2.29. The lowest BCUT2D eigenvalue weighted by molar-refractivity contribution is -0.135. The minimum atomic E-state index is -0.517. The molecular weight excluding hydrogens is 520 g/mol. The Morgan fingerprint density at radius 3 is 2.79 bits per heavy atom. The fourth-order valence-electron chi connectivity index (χ4n) is 5.75. The van der Waals surface area contributed by atoms with E-state index in [4.69, 9.17) is 30.5 Å². The van der Waals surface area contributed by atoms with Crippen LogP contribution in [0.4, 0.5) is 0 Å². The summed E-state index contributed by atoms with van der Waals surface area (Å²) in [6.45, 7) is 0.492. The topological polar surface area (TPSA) is 88.0 Å². The standard InChI is InChI=1S/C30H33ClN2O6/c1-36-27-10-4-8-22(30(27)37-2)29-23-16-19(31)11-12-24(23)33-15-5-9-25(33)26(39-29)13-14-28(35)32-20-6-3-7-21(17-20)38-18-34/h4-5,8-12,15-16,18,20-21,26,29H,3,6-7,13-14,17H2,1-2H3,(H,32,35)/t20-,21+,26-,29-/m1/s1. The first-order valence-corrected chi connectivity index (χ1v) is 13.6. The predicted molar refractivity (Wildman–Crippen MR) is 147 cm³/mol. The monoisotopic (exact) mass is 552 g/mol. The van der Waals surface area contributed by atoms with E-state index in [9.17, 15) is 9.59 Å². The van der Waals surface area contributed by atoms with Crippen molar-refractivity contribution in [3.05, 3.63) is 76.6 Å². The van der Waals surface area contributed by atoms with Crippen molar-refractivity contribution in [3.8, 4) is 17.2 Å². The highest BCUT2D eigenvalue weighted by Gasteiger charge is 2.33. The van der Waals surface area contributed by atoms with Crippen LogP contribution in [0, 0.1) is 0 Å². The van der Waals surface area contributed by atoms with Crippen molar-refractivity contribution in [1.29, 1.82) is 0 Å². The number of amides is 1. The van der Waals surface area contributed by atoms with Crippen LogP contribution in [0.15, 0.2) is 54.7 Å². The predicted octanol–water partition coefficient (Wildman–Crippen LogP) is 5.69. The van der Waals surface area contributed by atoms with Gasteiger partial charge in [-0.05, 0) is 62.1 Å². The van der Waals surface area contributed by atoms with Crippen LogP contribution in [0.2, 0.25) is 5.02 Å². The molecule has 0 saturated heterocycles. The van der Waals surface area contributed by atoms with Gasteiger partial charge in [-0.1, -0.05) is 23.7 Å². The van der Waals surface area contributed by atoms with E-state index < -0.39 is 6.10 Å². The van der Waals surface area contributed by atoms with Gasteiger partial charge in [0.1, 0.15) is 12.2 Å². The molecule has 0 radical (unpaired) electrons. The Bertz CT molecular complexity index is 1320. The van der Waals surface area contributed by atoms with Crippen LogP contribution < -0.4 is 14.8 Å². The first kappa shape index (κ1) is 27.1. The van der Waals surface area contributed by atoms with Crippen LogP contribution in [0.1, 0.15) is 67.6 Å². The Balaban J connectivity index is 1.42. The van der Waals surface area contributed by atoms with Gasteiger partial charge < -0.3 is 28.8 Å². The summed E-state index contributed by atoms with van der Waals surface area (Å²) in [5.74, 6) is 1.14. The number of hydrogen-bond donors (Lipinski definition) is 1. The number of carbonyl (C=O) groups is 2. The molecule has 1 amide bonds. The lowest BCUT2D eigenvalue weighted by Crippen LogP contribution is -2.40. The summed E-state index contributed by atoms with van der Waals surface area (Å²) in [4.78, 5) is 23.8. The Kier molecular flexibility index (Phi) is 8.43. The van der Waals surface area contributed by atoms with Gasteiger partial charge in [0.05, 0.1) is 31.7 Å². The van der Waals surface area contributed by atoms with Crippen LogP contribution in [0.5, 0.6) is 11.5 Å². The smallest absolute Gasteiger partial charge is 0.293 e. The molecule has 4 atom stereocenters. The van der Waals surface area contributed by atoms with Gasteiger partial charge in [-0.25, -0.2) is 0 Å². The maximum absolute atomic E-state index is 13.0. The third kappa shape index (κ3) is 5.77. The number of benzene rings is 2. The number of carbonyl (C=O) groups excluding carboxylic acids is 2. The van der Waals surface area contributed by atoms with Crippen LogP contribution in [-0.4, -0.2) is 43.3 Å². The largest absolute Gasteiger partial charge is 0.493 e. The van der Waals surface area contributed by atoms with Crippen molar-refractivity contribution in [2.45, 2.75) is 62.9 Å². The summed E-state index contributed by atoms with van der Waals surface area (Å²) in [5, 5.41) is 3.73. The lowest BCUT2D eigenvalue weighted by atomic mass is 9.92. The molecule has 3 aromatic rings. The Hall–Kier alpha value is -3.49. The van der Waals surface area contributed by atoms with Crippen LogP contribution in [0.25, 0.3) is 5.69 Å². The highest BCUT2D eigenvalue weighted by Crippen LogP contribution is 2.46. The van der Waals surface area contributed by atoms with Crippen LogP contribution in [-0.2, 0) is 19.1 Å². The van der Waals surface area contributed by atoms with Gasteiger partial charge in [-0.2, -0.15) is 0 Å². The zero-order chi connectivity index (χ0) is 27.4. The van der Waals surface area contributed by atoms with E-state index in [1.165, 1.54) is 0 Å². The molecule has 0 bridgehead atoms. The number of halogens is 1. The fourth-order valence-corrected chi connectivity index (χ4v) is 5.93. The van der Waals surface area contributed by atoms with Crippen LogP contribution in [0.3, 0.4) is 0 Å². The highest BCUT2D eigenvalue weighted by atomic mass is 35.5. The summed E-state index contributed by atoms with van der Waals surface area (Å²) in [5.41, 5.74) is 3.60. The third-order valence-electron chi connectivity index (χ3n) is 7.53. The number of rotatable bonds is 9. The van der Waals surface area contributed by atoms with E-state index in [2.05, 4.69) is 9.88 Å². The number of aromatic nitrogens is 1. The van der Waals surface area contributed by atoms with Gasteiger partial charge in [0.2, 0.25) is 5.91 Å². The Morgan fingerprint density at radius 2 is 2.00 bits per heavy atom. The minimum absolute atomic E-state index is 0.00435. The van der Waals surface area contributed by atoms with Gasteiger partial charge in [0.15, 0.2) is 11.5 Å². The van der Waals surface area contributed by atoms with Crippen molar-refractivity contribution in [3.63, 3.8) is 0 Å². The van der Waals surface area contributed by atoms with Gasteiger partial charge in [0.25, 0.3) is 6.47 Å². The van der Waals surface area contributed by atoms with Crippen molar-refractivity contribution in [1.82, 2.24) is 9.88 Å². The molecule has 5 rings (SSSR count). The Morgan fingerprint density at radius 1 is 1.13 bits per heavy atom. The molecule has 206 valence electrons. The number of methoxy groups -OCH3 is 2. The van der Waals surface area contributed by atoms with Crippen LogP contribution >= 0.6 is 11.6 Å². The molecule has 2 heterocycles.